The van der Waals surface area contributed by atoms with Crippen LogP contribution < -0.4 is 5.46 Å². The van der Waals surface area contributed by atoms with Crippen LogP contribution in [-0.4, -0.2) is 48.2 Å². The Morgan fingerprint density at radius 3 is 2.56 bits per heavy atom. The highest BCUT2D eigenvalue weighted by Crippen LogP contribution is 2.41. The third kappa shape index (κ3) is 3.24. The molecule has 1 aromatic rings. The molecule has 2 aliphatic rings. The number of carbonyl (C=O) groups is 1. The van der Waals surface area contributed by atoms with Gasteiger partial charge in [-0.25, -0.2) is 8.78 Å². The first-order valence-electron chi connectivity index (χ1n) is 8.80. The lowest BCUT2D eigenvalue weighted by Crippen LogP contribution is -2.34. The molecular weight excluding hydrogens is 342 g/mol. The summed E-state index contributed by atoms with van der Waals surface area (Å²) in [6, 6.07) is 1.36. The van der Waals surface area contributed by atoms with Crippen molar-refractivity contribution < 1.29 is 18.6 Å². The number of hydrogen-bond donors (Lipinski definition) is 1. The summed E-state index contributed by atoms with van der Waals surface area (Å²) < 4.78 is 28.8. The van der Waals surface area contributed by atoms with Crippen LogP contribution in [0.15, 0.2) is 6.07 Å². The Morgan fingerprint density at radius 1 is 1.32 bits per heavy atom. The lowest BCUT2D eigenvalue weighted by atomic mass is 9.63. The Labute approximate surface area is 150 Å². The van der Waals surface area contributed by atoms with Gasteiger partial charge in [-0.1, -0.05) is 20.8 Å². The Hall–Kier alpha value is -0.995. The van der Waals surface area contributed by atoms with Crippen molar-refractivity contribution in [3.8, 4) is 0 Å². The number of hydrogen-bond acceptors (Lipinski definition) is 2. The molecule has 3 nitrogen and oxygen atoms in total. The van der Waals surface area contributed by atoms with E-state index in [9.17, 15) is 18.6 Å². The van der Waals surface area contributed by atoms with Crippen LogP contribution in [0.25, 0.3) is 0 Å². The highest BCUT2D eigenvalue weighted by molar-refractivity contribution is 7.38. The van der Waals surface area contributed by atoms with Crippen molar-refractivity contribution in [1.82, 2.24) is 4.90 Å². The Balaban J connectivity index is 1.92. The molecule has 136 valence electrons. The predicted molar refractivity (Wildman–Crippen MR) is 99.4 cm³/mol. The molecule has 3 atom stereocenters. The number of nitrogens with zero attached hydrogens (tertiary/aromatic N) is 1. The van der Waals surface area contributed by atoms with E-state index in [0.29, 0.717) is 51.5 Å². The molecular formula is C18H25BF2NO2P. The minimum absolute atomic E-state index is 0.0562. The summed E-state index contributed by atoms with van der Waals surface area (Å²) in [6.07, 6.45) is 0.681. The highest BCUT2D eigenvalue weighted by Gasteiger charge is 2.42. The second-order valence-corrected chi connectivity index (χ2v) is 9.57. The topological polar surface area (TPSA) is 40.5 Å². The van der Waals surface area contributed by atoms with Gasteiger partial charge in [0.05, 0.1) is 5.56 Å². The summed E-state index contributed by atoms with van der Waals surface area (Å²) in [6.45, 7) is 8.93. The highest BCUT2D eigenvalue weighted by atomic mass is 31.1. The Bertz CT molecular complexity index is 707. The third-order valence-corrected chi connectivity index (χ3v) is 7.02. The van der Waals surface area contributed by atoms with Crippen molar-refractivity contribution in [2.75, 3.05) is 19.8 Å². The van der Waals surface area contributed by atoms with E-state index in [1.54, 1.807) is 4.90 Å². The van der Waals surface area contributed by atoms with E-state index in [0.717, 1.165) is 0 Å². The normalized spacial score (nSPS) is 23.8. The number of rotatable bonds is 2. The summed E-state index contributed by atoms with van der Waals surface area (Å²) in [7, 11) is 0.697. The summed E-state index contributed by atoms with van der Waals surface area (Å²) >= 11 is 0. The van der Waals surface area contributed by atoms with E-state index >= 15 is 0 Å². The van der Waals surface area contributed by atoms with Crippen molar-refractivity contribution in [2.45, 2.75) is 39.2 Å². The molecule has 1 amide bonds. The zero-order valence-corrected chi connectivity index (χ0v) is 16.2. The van der Waals surface area contributed by atoms with Gasteiger partial charge in [0.25, 0.3) is 5.91 Å². The second kappa shape index (κ2) is 6.63. The zero-order chi connectivity index (χ0) is 18.5. The number of benzene rings is 1. The lowest BCUT2D eigenvalue weighted by Gasteiger charge is -2.30. The van der Waals surface area contributed by atoms with E-state index < -0.39 is 24.5 Å². The van der Waals surface area contributed by atoms with Gasteiger partial charge in [-0.15, -0.1) is 8.58 Å². The van der Waals surface area contributed by atoms with Crippen LogP contribution in [0.1, 0.15) is 36.7 Å². The molecule has 3 rings (SSSR count). The largest absolute Gasteiger partial charge is 0.446 e. The smallest absolute Gasteiger partial charge is 0.324 e. The molecule has 25 heavy (non-hydrogen) atoms. The van der Waals surface area contributed by atoms with Crippen LogP contribution in [0.3, 0.4) is 0 Å². The number of halogens is 2. The molecule has 1 aromatic carbocycles. The maximum absolute atomic E-state index is 14.5. The molecule has 2 heterocycles. The number of likely N-dealkylation sites (tertiary alicyclic amines) is 1. The molecule has 0 aliphatic carbocycles. The van der Waals surface area contributed by atoms with Crippen LogP contribution in [0.4, 0.5) is 8.78 Å². The van der Waals surface area contributed by atoms with E-state index in [1.165, 1.54) is 6.07 Å². The van der Waals surface area contributed by atoms with Crippen LogP contribution in [0.2, 0.25) is 6.32 Å². The molecule has 7 heteroatoms. The van der Waals surface area contributed by atoms with E-state index in [1.807, 2.05) is 0 Å². The fraction of sp³-hybridized carbons (Fsp3) is 0.611. The molecule has 0 spiro atoms. The van der Waals surface area contributed by atoms with Crippen molar-refractivity contribution >= 4 is 26.9 Å². The average Bonchev–Trinajstić information content (AvgIpc) is 3.14. The molecule has 3 unspecified atom stereocenters. The van der Waals surface area contributed by atoms with Gasteiger partial charge in [0.2, 0.25) is 0 Å². The first kappa shape index (κ1) is 18.8. The van der Waals surface area contributed by atoms with Crippen molar-refractivity contribution in [3.63, 3.8) is 0 Å². The predicted octanol–water partition coefficient (Wildman–Crippen LogP) is 2.51. The number of fused-ring (bicyclic) bond motifs is 1. The van der Waals surface area contributed by atoms with Crippen molar-refractivity contribution in [2.24, 2.45) is 11.3 Å². The van der Waals surface area contributed by atoms with Gasteiger partial charge in [0, 0.05) is 13.1 Å². The second-order valence-electron chi connectivity index (χ2n) is 8.25. The van der Waals surface area contributed by atoms with Gasteiger partial charge in [-0.2, -0.15) is 0 Å². The Morgan fingerprint density at radius 2 is 2.00 bits per heavy atom. The maximum Gasteiger partial charge on any atom is 0.324 e. The fourth-order valence-corrected chi connectivity index (χ4v) is 5.55. The SMILES string of the molecule is CPC1CN(C(=O)c2cc3c(c(F)c2F)CCB3O)CC1C(C)(C)C. The molecule has 0 radical (unpaired) electrons. The minimum atomic E-state index is -1.08. The van der Waals surface area contributed by atoms with Gasteiger partial charge >= 0.3 is 6.92 Å². The van der Waals surface area contributed by atoms with Gasteiger partial charge < -0.3 is 9.92 Å². The summed E-state index contributed by atoms with van der Waals surface area (Å²) in [4.78, 5) is 14.6. The molecule has 2 aliphatic heterocycles. The van der Waals surface area contributed by atoms with Crippen LogP contribution >= 0.6 is 8.58 Å². The Kier molecular flexibility index (Phi) is 4.98. The monoisotopic (exact) mass is 367 g/mol. The average molecular weight is 367 g/mol. The van der Waals surface area contributed by atoms with Crippen LogP contribution in [0.5, 0.6) is 0 Å². The van der Waals surface area contributed by atoms with Gasteiger partial charge in [-0.05, 0) is 53.5 Å². The van der Waals surface area contributed by atoms with Crippen LogP contribution in [-0.2, 0) is 6.42 Å². The van der Waals surface area contributed by atoms with Gasteiger partial charge in [0.1, 0.15) is 0 Å². The zero-order valence-electron chi connectivity index (χ0n) is 15.2. The minimum Gasteiger partial charge on any atom is -0.446 e. The number of carbonyl (C=O) groups excluding carboxylic acids is 1. The fourth-order valence-electron chi connectivity index (χ4n) is 4.14. The molecule has 1 saturated heterocycles. The molecule has 0 saturated carbocycles. The summed E-state index contributed by atoms with van der Waals surface area (Å²) in [5.41, 5.74) is 0.772. The van der Waals surface area contributed by atoms with E-state index in [2.05, 4.69) is 27.4 Å². The summed E-state index contributed by atoms with van der Waals surface area (Å²) in [5.74, 6) is -2.17. The molecule has 0 bridgehead atoms. The van der Waals surface area contributed by atoms with E-state index in [4.69, 9.17) is 0 Å². The standard InChI is InChI=1S/C18H25BF2NO2P/c1-18(2,3)12-8-22(9-14(12)25-4)17(23)11-7-13-10(5-6-19(13)24)15(20)16(11)21/h7,12,14,24-25H,5-6,8-9H2,1-4H3. The molecule has 1 fully saturated rings. The van der Waals surface area contributed by atoms with Crippen LogP contribution in [0, 0.1) is 23.0 Å². The first-order chi connectivity index (χ1) is 11.6. The maximum atomic E-state index is 14.5. The quantitative estimate of drug-likeness (QED) is 0.645. The number of amides is 1. The van der Waals surface area contributed by atoms with Gasteiger partial charge in [-0.3, -0.25) is 4.79 Å². The van der Waals surface area contributed by atoms with Crippen molar-refractivity contribution in [3.05, 3.63) is 28.8 Å². The van der Waals surface area contributed by atoms with Gasteiger partial charge in [0.15, 0.2) is 11.6 Å². The molecule has 0 aromatic heterocycles. The van der Waals surface area contributed by atoms with E-state index in [-0.39, 0.29) is 16.5 Å². The summed E-state index contributed by atoms with van der Waals surface area (Å²) in [5, 5.41) is 9.98. The third-order valence-electron chi connectivity index (χ3n) is 5.69. The first-order valence-corrected chi connectivity index (χ1v) is 10.4. The van der Waals surface area contributed by atoms with Crippen molar-refractivity contribution in [1.29, 1.82) is 0 Å². The lowest BCUT2D eigenvalue weighted by molar-refractivity contribution is 0.0771. The molecule has 1 N–H and O–H groups in total.